The summed E-state index contributed by atoms with van der Waals surface area (Å²) in [7, 11) is 0. The molecule has 0 unspecified atom stereocenters. The van der Waals surface area contributed by atoms with Crippen LogP contribution in [0.1, 0.15) is 10.6 Å². The average molecular weight is 232 g/mol. The van der Waals surface area contributed by atoms with Gasteiger partial charge in [-0.05, 0) is 30.0 Å². The summed E-state index contributed by atoms with van der Waals surface area (Å²) in [6.45, 7) is 0. The number of carbonyl (C=O) groups is 1. The predicted molar refractivity (Wildman–Crippen MR) is 61.6 cm³/mol. The van der Waals surface area contributed by atoms with Gasteiger partial charge in [-0.1, -0.05) is 24.3 Å². The fourth-order valence-electron chi connectivity index (χ4n) is 1.15. The van der Waals surface area contributed by atoms with Crippen molar-refractivity contribution in [3.05, 3.63) is 64.7 Å². The van der Waals surface area contributed by atoms with E-state index in [4.69, 9.17) is 4.42 Å². The largest absolute Gasteiger partial charge is 0.419 e. The van der Waals surface area contributed by atoms with E-state index in [0.717, 1.165) is 16.7 Å². The fraction of sp³-hybridized carbons (Fsp3) is 0. The second-order valence-electron chi connectivity index (χ2n) is 3.01. The number of rotatable bonds is 2. The quantitative estimate of drug-likeness (QED) is 0.746. The van der Waals surface area contributed by atoms with Gasteiger partial charge in [-0.25, -0.2) is 4.79 Å². The van der Waals surface area contributed by atoms with Gasteiger partial charge in [0.15, 0.2) is 5.76 Å². The van der Waals surface area contributed by atoms with E-state index >= 15 is 0 Å². The van der Waals surface area contributed by atoms with Gasteiger partial charge in [0.25, 0.3) is 5.12 Å². The molecule has 1 aromatic carbocycles. The van der Waals surface area contributed by atoms with Crippen LogP contribution in [0, 0.1) is 0 Å². The molecule has 0 fully saturated rings. The molecule has 0 spiro atoms. The van der Waals surface area contributed by atoms with Crippen LogP contribution in [0.4, 0.5) is 0 Å². The van der Waals surface area contributed by atoms with Gasteiger partial charge < -0.3 is 4.42 Å². The van der Waals surface area contributed by atoms with E-state index in [-0.39, 0.29) is 10.9 Å². The third kappa shape index (κ3) is 2.61. The zero-order valence-electron chi connectivity index (χ0n) is 8.25. The number of thioether (sulfide) groups is 1. The van der Waals surface area contributed by atoms with Crippen LogP contribution >= 0.6 is 11.8 Å². The van der Waals surface area contributed by atoms with E-state index in [1.807, 2.05) is 30.3 Å². The molecular formula is C12H8O3S. The molecule has 0 bridgehead atoms. The molecule has 1 heterocycles. The summed E-state index contributed by atoms with van der Waals surface area (Å²) in [5.74, 6) is 0.0707. The summed E-state index contributed by atoms with van der Waals surface area (Å²) >= 11 is 1.03. The first-order valence-corrected chi connectivity index (χ1v) is 5.45. The van der Waals surface area contributed by atoms with E-state index in [2.05, 4.69) is 0 Å². The van der Waals surface area contributed by atoms with E-state index in [9.17, 15) is 9.59 Å². The summed E-state index contributed by atoms with van der Waals surface area (Å²) in [5, 5.41) is -0.274. The van der Waals surface area contributed by atoms with Crippen molar-refractivity contribution in [2.75, 3.05) is 0 Å². The molecule has 0 N–H and O–H groups in total. The number of hydrogen-bond acceptors (Lipinski definition) is 4. The first kappa shape index (κ1) is 10.7. The Labute approximate surface area is 96.1 Å². The normalized spacial score (nSPS) is 10.0. The Bertz CT molecular complexity index is 545. The highest BCUT2D eigenvalue weighted by atomic mass is 32.2. The molecule has 3 nitrogen and oxygen atoms in total. The van der Waals surface area contributed by atoms with Crippen LogP contribution in [-0.4, -0.2) is 5.12 Å². The molecule has 0 amide bonds. The highest BCUT2D eigenvalue weighted by Crippen LogP contribution is 2.21. The molecule has 2 aromatic rings. The van der Waals surface area contributed by atoms with Crippen molar-refractivity contribution in [1.29, 1.82) is 0 Å². The van der Waals surface area contributed by atoms with Crippen molar-refractivity contribution in [3.8, 4) is 0 Å². The molecule has 16 heavy (non-hydrogen) atoms. The first-order valence-electron chi connectivity index (χ1n) is 4.63. The molecule has 2 rings (SSSR count). The van der Waals surface area contributed by atoms with Crippen molar-refractivity contribution < 1.29 is 9.21 Å². The second kappa shape index (κ2) is 4.81. The second-order valence-corrected chi connectivity index (χ2v) is 4.06. The van der Waals surface area contributed by atoms with Crippen molar-refractivity contribution in [2.24, 2.45) is 0 Å². The fourth-order valence-corrected chi connectivity index (χ4v) is 1.86. The molecule has 80 valence electrons. The van der Waals surface area contributed by atoms with Crippen LogP contribution in [-0.2, 0) is 0 Å². The highest BCUT2D eigenvalue weighted by Gasteiger charge is 2.10. The maximum absolute atomic E-state index is 11.7. The summed E-state index contributed by atoms with van der Waals surface area (Å²) in [5.41, 5.74) is -0.514. The lowest BCUT2D eigenvalue weighted by atomic mass is 10.4. The van der Waals surface area contributed by atoms with Gasteiger partial charge in [0.05, 0.1) is 0 Å². The molecule has 0 radical (unpaired) electrons. The van der Waals surface area contributed by atoms with Crippen molar-refractivity contribution in [1.82, 2.24) is 0 Å². The van der Waals surface area contributed by atoms with Crippen LogP contribution in [0.15, 0.2) is 62.6 Å². The molecule has 0 aliphatic carbocycles. The third-order valence-corrected chi connectivity index (χ3v) is 2.74. The maximum atomic E-state index is 11.7. The Hall–Kier alpha value is -1.81. The summed E-state index contributed by atoms with van der Waals surface area (Å²) in [6.07, 6.45) is 0. The first-order chi connectivity index (χ1) is 7.75. The minimum atomic E-state index is -0.514. The van der Waals surface area contributed by atoms with Crippen LogP contribution in [0.5, 0.6) is 0 Å². The molecule has 4 heteroatoms. The zero-order chi connectivity index (χ0) is 11.4. The minimum Gasteiger partial charge on any atom is -0.419 e. The molecule has 0 atom stereocenters. The van der Waals surface area contributed by atoms with Crippen molar-refractivity contribution >= 4 is 16.9 Å². The van der Waals surface area contributed by atoms with Gasteiger partial charge >= 0.3 is 5.63 Å². The van der Waals surface area contributed by atoms with E-state index in [0.29, 0.717) is 0 Å². The molecule has 1 aromatic heterocycles. The number of carbonyl (C=O) groups excluding carboxylic acids is 1. The molecule has 0 aliphatic heterocycles. The van der Waals surface area contributed by atoms with Crippen LogP contribution in [0.2, 0.25) is 0 Å². The smallest absolute Gasteiger partial charge is 0.336 e. The Morgan fingerprint density at radius 3 is 2.44 bits per heavy atom. The third-order valence-electron chi connectivity index (χ3n) is 1.85. The molecule has 0 saturated carbocycles. The lowest BCUT2D eigenvalue weighted by molar-refractivity contribution is 0.106. The zero-order valence-corrected chi connectivity index (χ0v) is 9.07. The topological polar surface area (TPSA) is 47.3 Å². The van der Waals surface area contributed by atoms with Gasteiger partial charge in [-0.15, -0.1) is 0 Å². The van der Waals surface area contributed by atoms with Gasteiger partial charge in [0, 0.05) is 11.0 Å². The lowest BCUT2D eigenvalue weighted by Gasteiger charge is -1.98. The average Bonchev–Trinajstić information content (AvgIpc) is 2.30. The SMILES string of the molecule is O=C(Sc1ccccc1)c1cccc(=O)o1. The van der Waals surface area contributed by atoms with Gasteiger partial charge in [-0.2, -0.15) is 0 Å². The van der Waals surface area contributed by atoms with Crippen molar-refractivity contribution in [2.45, 2.75) is 4.90 Å². The monoisotopic (exact) mass is 232 g/mol. The van der Waals surface area contributed by atoms with Crippen LogP contribution < -0.4 is 5.63 Å². The number of benzene rings is 1. The highest BCUT2D eigenvalue weighted by molar-refractivity contribution is 8.14. The van der Waals surface area contributed by atoms with E-state index < -0.39 is 5.63 Å². The molecular weight excluding hydrogens is 224 g/mol. The van der Waals surface area contributed by atoms with Crippen molar-refractivity contribution in [3.63, 3.8) is 0 Å². The van der Waals surface area contributed by atoms with E-state index in [1.165, 1.54) is 18.2 Å². The van der Waals surface area contributed by atoms with Gasteiger partial charge in [0.2, 0.25) is 0 Å². The Kier molecular flexibility index (Phi) is 3.22. The molecule has 0 saturated heterocycles. The summed E-state index contributed by atoms with van der Waals surface area (Å²) in [6, 6.07) is 13.5. The van der Waals surface area contributed by atoms with Gasteiger partial charge in [-0.3, -0.25) is 4.79 Å². The Balaban J connectivity index is 2.18. The Morgan fingerprint density at radius 1 is 1.00 bits per heavy atom. The predicted octanol–water partition coefficient (Wildman–Crippen LogP) is 2.57. The van der Waals surface area contributed by atoms with E-state index in [1.54, 1.807) is 0 Å². The lowest BCUT2D eigenvalue weighted by Crippen LogP contribution is -2.01. The number of hydrogen-bond donors (Lipinski definition) is 0. The van der Waals surface area contributed by atoms with Crippen LogP contribution in [0.3, 0.4) is 0 Å². The minimum absolute atomic E-state index is 0.0707. The summed E-state index contributed by atoms with van der Waals surface area (Å²) in [4.78, 5) is 23.4. The standard InChI is InChI=1S/C12H8O3S/c13-11-8-4-7-10(15-11)12(14)16-9-5-2-1-3-6-9/h1-8H. The summed E-state index contributed by atoms with van der Waals surface area (Å²) < 4.78 is 4.79. The van der Waals surface area contributed by atoms with Crippen LogP contribution in [0.25, 0.3) is 0 Å². The molecule has 0 aliphatic rings. The van der Waals surface area contributed by atoms with Gasteiger partial charge in [0.1, 0.15) is 0 Å². The Morgan fingerprint density at radius 2 is 1.75 bits per heavy atom. The maximum Gasteiger partial charge on any atom is 0.336 e.